The number of benzene rings is 1. The van der Waals surface area contributed by atoms with Crippen LogP contribution in [-0.2, 0) is 0 Å². The van der Waals surface area contributed by atoms with Gasteiger partial charge < -0.3 is 4.74 Å². The van der Waals surface area contributed by atoms with Crippen molar-refractivity contribution < 1.29 is 9.13 Å². The van der Waals surface area contributed by atoms with Gasteiger partial charge in [0.1, 0.15) is 5.82 Å². The fraction of sp³-hybridized carbons (Fsp3) is 0.100. The maximum atomic E-state index is 12.9. The molecule has 0 unspecified atom stereocenters. The van der Waals surface area contributed by atoms with Gasteiger partial charge in [0.25, 0.3) is 0 Å². The van der Waals surface area contributed by atoms with E-state index in [1.165, 1.54) is 12.1 Å². The zero-order valence-corrected chi connectivity index (χ0v) is 7.64. The predicted octanol–water partition coefficient (Wildman–Crippen LogP) is 2.02. The lowest BCUT2D eigenvalue weighted by Gasteiger charge is -1.99. The number of nitrogens with zero attached hydrogens (tertiary/aromatic N) is 2. The summed E-state index contributed by atoms with van der Waals surface area (Å²) in [4.78, 5) is 0. The summed E-state index contributed by atoms with van der Waals surface area (Å²) in [6.45, 7) is 0. The van der Waals surface area contributed by atoms with Gasteiger partial charge in [-0.2, -0.15) is 5.10 Å². The first-order chi connectivity index (χ1) is 6.79. The molecule has 0 saturated carbocycles. The number of hydrogen-bond donors (Lipinski definition) is 0. The van der Waals surface area contributed by atoms with Crippen LogP contribution in [0.3, 0.4) is 0 Å². The van der Waals surface area contributed by atoms with Crippen LogP contribution in [-0.4, -0.2) is 16.9 Å². The van der Waals surface area contributed by atoms with Crippen LogP contribution in [0.4, 0.5) is 4.39 Å². The number of aromatic nitrogens is 2. The maximum absolute atomic E-state index is 12.9. The molecule has 0 aliphatic carbocycles. The molecule has 0 aliphatic rings. The Morgan fingerprint density at radius 1 is 1.43 bits per heavy atom. The van der Waals surface area contributed by atoms with Crippen LogP contribution in [0.5, 0.6) is 5.75 Å². The van der Waals surface area contributed by atoms with Gasteiger partial charge in [-0.1, -0.05) is 6.07 Å². The van der Waals surface area contributed by atoms with Crippen LogP contribution < -0.4 is 4.74 Å². The Hall–Kier alpha value is -1.84. The molecule has 0 spiro atoms. The molecule has 0 atom stereocenters. The van der Waals surface area contributed by atoms with Gasteiger partial charge in [0.15, 0.2) is 5.75 Å². The summed E-state index contributed by atoms with van der Waals surface area (Å²) < 4.78 is 19.4. The third kappa shape index (κ3) is 1.59. The Kier molecular flexibility index (Phi) is 2.18. The second kappa shape index (κ2) is 3.49. The van der Waals surface area contributed by atoms with Crippen molar-refractivity contribution in [2.45, 2.75) is 0 Å². The van der Waals surface area contributed by atoms with Gasteiger partial charge in [-0.3, -0.25) is 0 Å². The van der Waals surface area contributed by atoms with Gasteiger partial charge >= 0.3 is 0 Å². The Bertz CT molecular complexity index is 439. The number of methoxy groups -OCH3 is 1. The Labute approximate surface area is 80.7 Å². The summed E-state index contributed by atoms with van der Waals surface area (Å²) in [7, 11) is 1.56. The van der Waals surface area contributed by atoms with Crippen LogP contribution >= 0.6 is 0 Å². The molecule has 0 amide bonds. The second-order valence-corrected chi connectivity index (χ2v) is 2.80. The Morgan fingerprint density at radius 2 is 2.29 bits per heavy atom. The molecule has 1 aromatic heterocycles. The smallest absolute Gasteiger partial charge is 0.157 e. The summed E-state index contributed by atoms with van der Waals surface area (Å²) in [5.41, 5.74) is 0.674. The lowest BCUT2D eigenvalue weighted by atomic mass is 10.3. The molecule has 0 fully saturated rings. The van der Waals surface area contributed by atoms with E-state index in [9.17, 15) is 4.39 Å². The van der Waals surface area contributed by atoms with Gasteiger partial charge in [-0.05, 0) is 18.2 Å². The highest BCUT2D eigenvalue weighted by Gasteiger charge is 2.00. The quantitative estimate of drug-likeness (QED) is 0.727. The summed E-state index contributed by atoms with van der Waals surface area (Å²) in [6, 6.07) is 6.21. The minimum Gasteiger partial charge on any atom is -0.493 e. The second-order valence-electron chi connectivity index (χ2n) is 2.80. The minimum atomic E-state index is -0.281. The Morgan fingerprint density at radius 3 is 2.93 bits per heavy atom. The van der Waals surface area contributed by atoms with Crippen molar-refractivity contribution in [3.05, 3.63) is 42.5 Å². The molecule has 72 valence electrons. The number of ether oxygens (including phenoxy) is 1. The fourth-order valence-electron chi connectivity index (χ4n) is 1.17. The van der Waals surface area contributed by atoms with Gasteiger partial charge in [-0.15, -0.1) is 0 Å². The highest BCUT2D eigenvalue weighted by Crippen LogP contribution is 2.13. The molecule has 14 heavy (non-hydrogen) atoms. The van der Waals surface area contributed by atoms with Gasteiger partial charge in [-0.25, -0.2) is 9.07 Å². The van der Waals surface area contributed by atoms with Crippen molar-refractivity contribution in [2.75, 3.05) is 7.11 Å². The van der Waals surface area contributed by atoms with Crippen LogP contribution in [0.1, 0.15) is 0 Å². The first kappa shape index (κ1) is 8.74. The molecule has 3 nitrogen and oxygen atoms in total. The predicted molar refractivity (Wildman–Crippen MR) is 50.1 cm³/mol. The van der Waals surface area contributed by atoms with Gasteiger partial charge in [0, 0.05) is 0 Å². The third-order valence-electron chi connectivity index (χ3n) is 1.87. The number of rotatable bonds is 2. The topological polar surface area (TPSA) is 27.1 Å². The Balaban J connectivity index is 2.39. The highest BCUT2D eigenvalue weighted by molar-refractivity contribution is 5.32. The van der Waals surface area contributed by atoms with E-state index in [2.05, 4.69) is 5.10 Å². The number of hydrogen-bond acceptors (Lipinski definition) is 2. The van der Waals surface area contributed by atoms with Crippen LogP contribution in [0.2, 0.25) is 0 Å². The molecular formula is C10H9FN2O. The minimum absolute atomic E-state index is 0.281. The third-order valence-corrected chi connectivity index (χ3v) is 1.87. The van der Waals surface area contributed by atoms with Gasteiger partial charge in [0.2, 0.25) is 0 Å². The van der Waals surface area contributed by atoms with Crippen LogP contribution in [0, 0.1) is 5.82 Å². The summed E-state index contributed by atoms with van der Waals surface area (Å²) in [5, 5.41) is 4.02. The van der Waals surface area contributed by atoms with E-state index >= 15 is 0 Å². The molecule has 1 heterocycles. The van der Waals surface area contributed by atoms with Crippen molar-refractivity contribution in [1.29, 1.82) is 0 Å². The molecule has 2 aromatic rings. The molecule has 0 saturated heterocycles. The molecule has 0 N–H and O–H groups in total. The van der Waals surface area contributed by atoms with E-state index in [0.717, 1.165) is 0 Å². The van der Waals surface area contributed by atoms with E-state index < -0.39 is 0 Å². The first-order valence-corrected chi connectivity index (χ1v) is 4.14. The molecule has 0 radical (unpaired) electrons. The van der Waals surface area contributed by atoms with E-state index in [-0.39, 0.29) is 5.82 Å². The average Bonchev–Trinajstić information content (AvgIpc) is 2.66. The normalized spacial score (nSPS) is 10.1. The molecule has 1 aromatic carbocycles. The lowest BCUT2D eigenvalue weighted by Crippen LogP contribution is -1.94. The molecule has 0 aliphatic heterocycles. The standard InChI is InChI=1S/C10H9FN2O/c1-14-10-6-12-13(7-10)9-4-2-3-8(11)5-9/h2-7H,1H3. The van der Waals surface area contributed by atoms with Crippen molar-refractivity contribution in [2.24, 2.45) is 0 Å². The molecule has 2 rings (SSSR count). The lowest BCUT2D eigenvalue weighted by molar-refractivity contribution is 0.414. The van der Waals surface area contributed by atoms with E-state index in [0.29, 0.717) is 11.4 Å². The largest absolute Gasteiger partial charge is 0.493 e. The van der Waals surface area contributed by atoms with Crippen molar-refractivity contribution >= 4 is 0 Å². The maximum Gasteiger partial charge on any atom is 0.157 e. The first-order valence-electron chi connectivity index (χ1n) is 4.14. The molecular weight excluding hydrogens is 183 g/mol. The average molecular weight is 192 g/mol. The van der Waals surface area contributed by atoms with Crippen molar-refractivity contribution in [1.82, 2.24) is 9.78 Å². The zero-order valence-electron chi connectivity index (χ0n) is 7.64. The number of halogens is 1. The van der Waals surface area contributed by atoms with Gasteiger partial charge in [0.05, 0.1) is 25.2 Å². The van der Waals surface area contributed by atoms with Crippen LogP contribution in [0.25, 0.3) is 5.69 Å². The van der Waals surface area contributed by atoms with Crippen molar-refractivity contribution in [3.8, 4) is 11.4 Å². The van der Waals surface area contributed by atoms with Crippen molar-refractivity contribution in [3.63, 3.8) is 0 Å². The van der Waals surface area contributed by atoms with E-state index in [1.54, 1.807) is 36.3 Å². The molecule has 0 bridgehead atoms. The molecule has 4 heteroatoms. The van der Waals surface area contributed by atoms with E-state index in [1.807, 2.05) is 0 Å². The summed E-state index contributed by atoms with van der Waals surface area (Å²) in [6.07, 6.45) is 3.26. The summed E-state index contributed by atoms with van der Waals surface area (Å²) >= 11 is 0. The SMILES string of the molecule is COc1cnn(-c2cccc(F)c2)c1. The zero-order chi connectivity index (χ0) is 9.97. The van der Waals surface area contributed by atoms with Crippen LogP contribution in [0.15, 0.2) is 36.7 Å². The highest BCUT2D eigenvalue weighted by atomic mass is 19.1. The monoisotopic (exact) mass is 192 g/mol. The fourth-order valence-corrected chi connectivity index (χ4v) is 1.17. The summed E-state index contributed by atoms with van der Waals surface area (Å²) in [5.74, 6) is 0.367. The van der Waals surface area contributed by atoms with E-state index in [4.69, 9.17) is 4.74 Å².